The summed E-state index contributed by atoms with van der Waals surface area (Å²) in [5.41, 5.74) is 0. The molecular formula is C20H26ClN3O3S2. The van der Waals surface area contributed by atoms with Gasteiger partial charge in [0.15, 0.2) is 0 Å². The van der Waals surface area contributed by atoms with Crippen molar-refractivity contribution in [3.05, 3.63) is 51.7 Å². The monoisotopic (exact) mass is 455 g/mol. The van der Waals surface area contributed by atoms with Crippen LogP contribution in [0.2, 0.25) is 5.02 Å². The molecule has 2 heterocycles. The maximum atomic E-state index is 12.8. The third-order valence-electron chi connectivity index (χ3n) is 5.24. The molecule has 0 spiro atoms. The van der Waals surface area contributed by atoms with Crippen LogP contribution in [-0.4, -0.2) is 57.3 Å². The van der Waals surface area contributed by atoms with Crippen molar-refractivity contribution in [3.8, 4) is 0 Å². The van der Waals surface area contributed by atoms with Gasteiger partial charge in [-0.15, -0.1) is 11.3 Å². The molecule has 0 bridgehead atoms. The molecule has 1 aliphatic rings. The normalized spacial score (nSPS) is 17.4. The maximum Gasteiger partial charge on any atom is 0.243 e. The minimum atomic E-state index is -3.56. The van der Waals surface area contributed by atoms with Crippen molar-refractivity contribution in [1.29, 1.82) is 0 Å². The second-order valence-electron chi connectivity index (χ2n) is 7.37. The van der Waals surface area contributed by atoms with Gasteiger partial charge in [-0.3, -0.25) is 4.79 Å². The standard InChI is InChI=1S/C20H26ClN3O3S2/c1-23(2)18(19-4-3-13-28-19)14-22-20(25)15-9-11-24(12-10-15)29(26,27)17-7-5-16(21)6-8-17/h3-8,13,15,18H,9-12,14H2,1-2H3,(H,22,25). The van der Waals surface area contributed by atoms with Crippen molar-refractivity contribution in [1.82, 2.24) is 14.5 Å². The molecule has 29 heavy (non-hydrogen) atoms. The summed E-state index contributed by atoms with van der Waals surface area (Å²) in [4.78, 5) is 16.2. The Bertz CT molecular complexity index is 907. The van der Waals surface area contributed by atoms with Crippen LogP contribution in [-0.2, 0) is 14.8 Å². The lowest BCUT2D eigenvalue weighted by atomic mass is 9.97. The highest BCUT2D eigenvalue weighted by atomic mass is 35.5. The van der Waals surface area contributed by atoms with Crippen molar-refractivity contribution < 1.29 is 13.2 Å². The van der Waals surface area contributed by atoms with Gasteiger partial charge >= 0.3 is 0 Å². The SMILES string of the molecule is CN(C)C(CNC(=O)C1CCN(S(=O)(=O)c2ccc(Cl)cc2)CC1)c1cccs1. The smallest absolute Gasteiger partial charge is 0.243 e. The summed E-state index contributed by atoms with van der Waals surface area (Å²) in [6.45, 7) is 1.21. The second-order valence-corrected chi connectivity index (χ2v) is 10.7. The summed E-state index contributed by atoms with van der Waals surface area (Å²) in [6, 6.07) is 10.4. The van der Waals surface area contributed by atoms with E-state index in [0.29, 0.717) is 37.5 Å². The number of carbonyl (C=O) groups is 1. The van der Waals surface area contributed by atoms with Crippen molar-refractivity contribution in [2.75, 3.05) is 33.7 Å². The van der Waals surface area contributed by atoms with E-state index in [2.05, 4.69) is 16.3 Å². The fourth-order valence-electron chi connectivity index (χ4n) is 3.47. The zero-order chi connectivity index (χ0) is 21.0. The third kappa shape index (κ3) is 5.38. The molecule has 3 rings (SSSR count). The number of nitrogens with zero attached hydrogens (tertiary/aromatic N) is 2. The van der Waals surface area contributed by atoms with E-state index in [1.165, 1.54) is 21.3 Å². The summed E-state index contributed by atoms with van der Waals surface area (Å²) in [5.74, 6) is -0.172. The van der Waals surface area contributed by atoms with Crippen molar-refractivity contribution in [2.45, 2.75) is 23.8 Å². The molecule has 0 aliphatic carbocycles. The molecule has 158 valence electrons. The molecule has 1 aromatic carbocycles. The van der Waals surface area contributed by atoms with Gasteiger partial charge in [0.05, 0.1) is 10.9 Å². The van der Waals surface area contributed by atoms with E-state index in [1.807, 2.05) is 25.5 Å². The van der Waals surface area contributed by atoms with E-state index in [-0.39, 0.29) is 22.8 Å². The molecule has 2 aromatic rings. The summed E-state index contributed by atoms with van der Waals surface area (Å²) >= 11 is 7.52. The predicted octanol–water partition coefficient (Wildman–Crippen LogP) is 3.22. The number of halogens is 1. The average molecular weight is 456 g/mol. The Morgan fingerprint density at radius 2 is 1.90 bits per heavy atom. The van der Waals surface area contributed by atoms with Gasteiger partial charge in [0, 0.05) is 35.5 Å². The first-order valence-electron chi connectivity index (χ1n) is 9.52. The van der Waals surface area contributed by atoms with Crippen LogP contribution in [0, 0.1) is 5.92 Å². The van der Waals surface area contributed by atoms with E-state index in [1.54, 1.807) is 23.5 Å². The summed E-state index contributed by atoms with van der Waals surface area (Å²) in [6.07, 6.45) is 1.04. The Kier molecular flexibility index (Phi) is 7.34. The van der Waals surface area contributed by atoms with E-state index in [9.17, 15) is 13.2 Å². The molecule has 1 N–H and O–H groups in total. The Labute approximate surface area is 181 Å². The van der Waals surface area contributed by atoms with Crippen LogP contribution in [0.5, 0.6) is 0 Å². The molecule has 1 fully saturated rings. The molecule has 1 saturated heterocycles. The number of nitrogens with one attached hydrogen (secondary N) is 1. The molecule has 1 aliphatic heterocycles. The fourth-order valence-corrected chi connectivity index (χ4v) is 5.99. The molecule has 1 aromatic heterocycles. The van der Waals surface area contributed by atoms with Gasteiger partial charge in [0.1, 0.15) is 0 Å². The fraction of sp³-hybridized carbons (Fsp3) is 0.450. The molecule has 1 atom stereocenters. The second kappa shape index (κ2) is 9.57. The Morgan fingerprint density at radius 1 is 1.24 bits per heavy atom. The Morgan fingerprint density at radius 3 is 2.45 bits per heavy atom. The number of hydrogen-bond donors (Lipinski definition) is 1. The minimum Gasteiger partial charge on any atom is -0.354 e. The van der Waals surface area contributed by atoms with E-state index >= 15 is 0 Å². The molecular weight excluding hydrogens is 430 g/mol. The number of likely N-dealkylation sites (N-methyl/N-ethyl adjacent to an activating group) is 1. The van der Waals surface area contributed by atoms with E-state index < -0.39 is 10.0 Å². The number of rotatable bonds is 7. The molecule has 9 heteroatoms. The number of amides is 1. The zero-order valence-electron chi connectivity index (χ0n) is 16.5. The van der Waals surface area contributed by atoms with Crippen LogP contribution in [0.4, 0.5) is 0 Å². The minimum absolute atomic E-state index is 0.00283. The number of benzene rings is 1. The van der Waals surface area contributed by atoms with Crippen molar-refractivity contribution in [2.24, 2.45) is 5.92 Å². The van der Waals surface area contributed by atoms with E-state index in [0.717, 1.165) is 0 Å². The lowest BCUT2D eigenvalue weighted by molar-refractivity contribution is -0.126. The quantitative estimate of drug-likeness (QED) is 0.695. The van der Waals surface area contributed by atoms with Crippen LogP contribution in [0.3, 0.4) is 0 Å². The zero-order valence-corrected chi connectivity index (χ0v) is 18.9. The van der Waals surface area contributed by atoms with Crippen LogP contribution in [0.15, 0.2) is 46.7 Å². The summed E-state index contributed by atoms with van der Waals surface area (Å²) in [7, 11) is 0.437. The summed E-state index contributed by atoms with van der Waals surface area (Å²) in [5, 5.41) is 5.59. The highest BCUT2D eigenvalue weighted by Crippen LogP contribution is 2.26. The number of carbonyl (C=O) groups excluding carboxylic acids is 1. The van der Waals surface area contributed by atoms with Crippen LogP contribution in [0.1, 0.15) is 23.8 Å². The number of thiophene rings is 1. The highest BCUT2D eigenvalue weighted by molar-refractivity contribution is 7.89. The van der Waals surface area contributed by atoms with Gasteiger partial charge in [0.25, 0.3) is 0 Å². The van der Waals surface area contributed by atoms with Gasteiger partial charge in [-0.2, -0.15) is 4.31 Å². The molecule has 1 unspecified atom stereocenters. The molecule has 6 nitrogen and oxygen atoms in total. The Hall–Kier alpha value is -1.45. The average Bonchev–Trinajstić information content (AvgIpc) is 3.22. The largest absolute Gasteiger partial charge is 0.354 e. The van der Waals surface area contributed by atoms with E-state index in [4.69, 9.17) is 11.6 Å². The predicted molar refractivity (Wildman–Crippen MR) is 117 cm³/mol. The third-order valence-corrected chi connectivity index (χ3v) is 8.38. The van der Waals surface area contributed by atoms with Gasteiger partial charge < -0.3 is 10.2 Å². The van der Waals surface area contributed by atoms with Crippen molar-refractivity contribution in [3.63, 3.8) is 0 Å². The van der Waals surface area contributed by atoms with Gasteiger partial charge in [-0.05, 0) is 62.6 Å². The summed E-state index contributed by atoms with van der Waals surface area (Å²) < 4.78 is 27.0. The van der Waals surface area contributed by atoms with Crippen molar-refractivity contribution >= 4 is 38.9 Å². The number of piperidine rings is 1. The lowest BCUT2D eigenvalue weighted by Crippen LogP contribution is -2.44. The van der Waals surface area contributed by atoms with Gasteiger partial charge in [-0.1, -0.05) is 17.7 Å². The van der Waals surface area contributed by atoms with Crippen LogP contribution in [0.25, 0.3) is 0 Å². The number of hydrogen-bond acceptors (Lipinski definition) is 5. The van der Waals surface area contributed by atoms with Crippen LogP contribution >= 0.6 is 22.9 Å². The molecule has 0 radical (unpaired) electrons. The number of sulfonamides is 1. The Balaban J connectivity index is 1.54. The molecule has 0 saturated carbocycles. The van der Waals surface area contributed by atoms with Gasteiger partial charge in [0.2, 0.25) is 15.9 Å². The first-order chi connectivity index (χ1) is 13.8. The first-order valence-corrected chi connectivity index (χ1v) is 12.2. The lowest BCUT2D eigenvalue weighted by Gasteiger charge is -2.31. The highest BCUT2D eigenvalue weighted by Gasteiger charge is 2.32. The topological polar surface area (TPSA) is 69.7 Å². The van der Waals surface area contributed by atoms with Gasteiger partial charge in [-0.25, -0.2) is 8.42 Å². The van der Waals surface area contributed by atoms with Crippen LogP contribution < -0.4 is 5.32 Å². The first kappa shape index (κ1) is 22.2. The maximum absolute atomic E-state index is 12.8. The molecule has 1 amide bonds.